The lowest BCUT2D eigenvalue weighted by Crippen LogP contribution is -2.09. The minimum atomic E-state index is 0.272. The third-order valence-electron chi connectivity index (χ3n) is 4.84. The summed E-state index contributed by atoms with van der Waals surface area (Å²) in [4.78, 5) is 6.60. The maximum Gasteiger partial charge on any atom is 0.240 e. The van der Waals surface area contributed by atoms with Crippen molar-refractivity contribution in [2.45, 2.75) is 0 Å². The molecule has 5 heteroatoms. The Balaban J connectivity index is 1.59. The Labute approximate surface area is 168 Å². The maximum absolute atomic E-state index is 5.78. The van der Waals surface area contributed by atoms with Gasteiger partial charge in [0.15, 0.2) is 5.65 Å². The van der Waals surface area contributed by atoms with Crippen molar-refractivity contribution < 1.29 is 0 Å². The molecule has 0 fully saturated rings. The van der Waals surface area contributed by atoms with E-state index in [1.165, 1.54) is 0 Å². The molecule has 0 aliphatic rings. The first-order valence-corrected chi connectivity index (χ1v) is 9.41. The van der Waals surface area contributed by atoms with Gasteiger partial charge < -0.3 is 10.6 Å². The van der Waals surface area contributed by atoms with Crippen LogP contribution in [0.15, 0.2) is 103 Å². The second kappa shape index (κ2) is 7.13. The molecule has 0 aliphatic carbocycles. The molecule has 2 N–H and O–H groups in total. The van der Waals surface area contributed by atoms with Crippen LogP contribution in [-0.2, 0) is 0 Å². The maximum atomic E-state index is 5.78. The highest BCUT2D eigenvalue weighted by Gasteiger charge is 2.13. The van der Waals surface area contributed by atoms with Crippen LogP contribution in [0.1, 0.15) is 0 Å². The number of rotatable bonds is 4. The van der Waals surface area contributed by atoms with Crippen LogP contribution >= 0.6 is 0 Å². The molecule has 2 aromatic heterocycles. The number of nitrogens with zero attached hydrogens (tertiary/aromatic N) is 4. The first kappa shape index (κ1) is 17.0. The smallest absolute Gasteiger partial charge is 0.240 e. The summed E-state index contributed by atoms with van der Waals surface area (Å²) in [6.07, 6.45) is 1.85. The van der Waals surface area contributed by atoms with Crippen LogP contribution in [0.2, 0.25) is 0 Å². The van der Waals surface area contributed by atoms with Crippen LogP contribution in [0.5, 0.6) is 0 Å². The number of nitrogens with two attached hydrogens (primary N) is 1. The van der Waals surface area contributed by atoms with E-state index in [1.807, 2.05) is 30.5 Å². The molecule has 0 aliphatic heterocycles. The van der Waals surface area contributed by atoms with Gasteiger partial charge in [0.25, 0.3) is 0 Å². The Morgan fingerprint density at radius 1 is 0.655 bits per heavy atom. The zero-order chi connectivity index (χ0) is 19.6. The summed E-state index contributed by atoms with van der Waals surface area (Å²) in [6, 6.07) is 33.2. The van der Waals surface area contributed by atoms with Crippen molar-refractivity contribution in [1.29, 1.82) is 0 Å². The zero-order valence-corrected chi connectivity index (χ0v) is 15.7. The Kier molecular flexibility index (Phi) is 4.18. The molecule has 5 nitrogen and oxygen atoms in total. The topological polar surface area (TPSA) is 59.5 Å². The molecule has 5 rings (SSSR count). The van der Waals surface area contributed by atoms with Crippen molar-refractivity contribution in [3.8, 4) is 11.1 Å². The number of aromatic nitrogens is 3. The average molecular weight is 377 g/mol. The van der Waals surface area contributed by atoms with Gasteiger partial charge in [0.05, 0.1) is 0 Å². The van der Waals surface area contributed by atoms with E-state index in [-0.39, 0.29) is 5.95 Å². The van der Waals surface area contributed by atoms with Crippen molar-refractivity contribution >= 4 is 28.7 Å². The quantitative estimate of drug-likeness (QED) is 0.452. The minimum Gasteiger partial charge on any atom is -0.366 e. The lowest BCUT2D eigenvalue weighted by atomic mass is 10.1. The monoisotopic (exact) mass is 377 g/mol. The third kappa shape index (κ3) is 3.19. The summed E-state index contributed by atoms with van der Waals surface area (Å²) in [5, 5.41) is 4.20. The van der Waals surface area contributed by atoms with Crippen molar-refractivity contribution in [2.75, 3.05) is 10.6 Å². The van der Waals surface area contributed by atoms with Gasteiger partial charge in [-0.3, -0.25) is 0 Å². The van der Waals surface area contributed by atoms with Crippen LogP contribution in [-0.4, -0.2) is 14.6 Å². The zero-order valence-electron chi connectivity index (χ0n) is 15.7. The largest absolute Gasteiger partial charge is 0.366 e. The van der Waals surface area contributed by atoms with Crippen LogP contribution < -0.4 is 10.6 Å². The molecule has 140 valence electrons. The van der Waals surface area contributed by atoms with Crippen LogP contribution in [0, 0.1) is 0 Å². The van der Waals surface area contributed by atoms with E-state index in [0.717, 1.165) is 33.8 Å². The van der Waals surface area contributed by atoms with Crippen molar-refractivity contribution in [2.24, 2.45) is 0 Å². The highest BCUT2D eigenvalue weighted by Crippen LogP contribution is 2.35. The van der Waals surface area contributed by atoms with Gasteiger partial charge >= 0.3 is 0 Å². The van der Waals surface area contributed by atoms with Gasteiger partial charge in [-0.2, -0.15) is 4.98 Å². The van der Waals surface area contributed by atoms with E-state index in [2.05, 4.69) is 87.8 Å². The van der Waals surface area contributed by atoms with E-state index >= 15 is 0 Å². The Bertz CT molecular complexity index is 1210. The summed E-state index contributed by atoms with van der Waals surface area (Å²) < 4.78 is 1.71. The fraction of sp³-hybridized carbons (Fsp3) is 0. The highest BCUT2D eigenvalue weighted by molar-refractivity contribution is 5.81. The fourth-order valence-electron chi connectivity index (χ4n) is 3.54. The van der Waals surface area contributed by atoms with Gasteiger partial charge in [-0.15, -0.1) is 5.10 Å². The molecular formula is C24H19N5. The molecule has 5 aromatic rings. The summed E-state index contributed by atoms with van der Waals surface area (Å²) >= 11 is 0. The normalized spacial score (nSPS) is 10.9. The molecule has 0 saturated heterocycles. The molecule has 0 radical (unpaired) electrons. The Morgan fingerprint density at radius 2 is 1.24 bits per heavy atom. The van der Waals surface area contributed by atoms with Crippen LogP contribution in [0.25, 0.3) is 16.8 Å². The van der Waals surface area contributed by atoms with Crippen molar-refractivity contribution in [3.05, 3.63) is 103 Å². The number of hydrogen-bond acceptors (Lipinski definition) is 4. The van der Waals surface area contributed by atoms with Gasteiger partial charge in [0.1, 0.15) is 0 Å². The Morgan fingerprint density at radius 3 is 1.86 bits per heavy atom. The van der Waals surface area contributed by atoms with Crippen LogP contribution in [0.4, 0.5) is 23.0 Å². The lowest BCUT2D eigenvalue weighted by Gasteiger charge is -2.25. The number of para-hydroxylation sites is 2. The van der Waals surface area contributed by atoms with E-state index < -0.39 is 0 Å². The predicted molar refractivity (Wildman–Crippen MR) is 118 cm³/mol. The van der Waals surface area contributed by atoms with Gasteiger partial charge in [0, 0.05) is 28.8 Å². The van der Waals surface area contributed by atoms with E-state index in [0.29, 0.717) is 0 Å². The van der Waals surface area contributed by atoms with Crippen LogP contribution in [0.3, 0.4) is 0 Å². The third-order valence-corrected chi connectivity index (χ3v) is 4.84. The summed E-state index contributed by atoms with van der Waals surface area (Å²) in [5.41, 5.74) is 11.9. The molecular weight excluding hydrogens is 358 g/mol. The number of pyridine rings is 1. The average Bonchev–Trinajstić information content (AvgIpc) is 3.16. The number of fused-ring (bicyclic) bond motifs is 1. The van der Waals surface area contributed by atoms with Gasteiger partial charge in [0.2, 0.25) is 5.95 Å². The molecule has 2 heterocycles. The number of benzene rings is 3. The molecule has 29 heavy (non-hydrogen) atoms. The molecule has 0 bridgehead atoms. The number of anilines is 4. The SMILES string of the molecule is Nc1nc2c(-c3ccc(N(c4ccccc4)c4ccccc4)cc3)cccn2n1. The number of nitrogen functional groups attached to an aromatic ring is 1. The Hall–Kier alpha value is -4.12. The molecule has 0 atom stereocenters. The number of hydrogen-bond donors (Lipinski definition) is 1. The van der Waals surface area contributed by atoms with E-state index in [9.17, 15) is 0 Å². The second-order valence-corrected chi connectivity index (χ2v) is 6.71. The molecule has 0 spiro atoms. The minimum absolute atomic E-state index is 0.272. The predicted octanol–water partition coefficient (Wildman–Crippen LogP) is 5.45. The second-order valence-electron chi connectivity index (χ2n) is 6.71. The van der Waals surface area contributed by atoms with Gasteiger partial charge in [-0.05, 0) is 54.1 Å². The van der Waals surface area contributed by atoms with Crippen molar-refractivity contribution in [1.82, 2.24) is 14.6 Å². The first-order valence-electron chi connectivity index (χ1n) is 9.41. The van der Waals surface area contributed by atoms with Gasteiger partial charge in [-0.25, -0.2) is 4.52 Å². The molecule has 0 unspecified atom stereocenters. The molecule has 3 aromatic carbocycles. The first-order chi connectivity index (χ1) is 14.3. The molecule has 0 amide bonds. The van der Waals surface area contributed by atoms with E-state index in [4.69, 9.17) is 5.73 Å². The van der Waals surface area contributed by atoms with Gasteiger partial charge in [-0.1, -0.05) is 48.5 Å². The van der Waals surface area contributed by atoms with Crippen molar-refractivity contribution in [3.63, 3.8) is 0 Å². The molecule has 0 saturated carbocycles. The highest BCUT2D eigenvalue weighted by atomic mass is 15.3. The summed E-state index contributed by atoms with van der Waals surface area (Å²) in [6.45, 7) is 0. The standard InChI is InChI=1S/C24H19N5/c25-24-26-23-22(12-7-17-28(23)27-24)18-13-15-21(16-14-18)29(19-8-3-1-4-9-19)20-10-5-2-6-11-20/h1-17H,(H2,25,27). The lowest BCUT2D eigenvalue weighted by molar-refractivity contribution is 0.969. The summed E-state index contributed by atoms with van der Waals surface area (Å²) in [5.74, 6) is 0.272. The summed E-state index contributed by atoms with van der Waals surface area (Å²) in [7, 11) is 0. The van der Waals surface area contributed by atoms with E-state index in [1.54, 1.807) is 4.52 Å². The fourth-order valence-corrected chi connectivity index (χ4v) is 3.54.